The molecule has 0 aromatic heterocycles. The highest BCUT2D eigenvalue weighted by Gasteiger charge is 2.60. The number of hydrogen-bond acceptors (Lipinski definition) is 4. The summed E-state index contributed by atoms with van der Waals surface area (Å²) in [7, 11) is 0. The smallest absolute Gasteiger partial charge is 0.417 e. The first-order valence-electron chi connectivity index (χ1n) is 10.0. The van der Waals surface area contributed by atoms with Crippen molar-refractivity contribution in [2.75, 3.05) is 24.6 Å². The lowest BCUT2D eigenvalue weighted by atomic mass is 9.65. The molecule has 0 aromatic carbocycles. The Balaban J connectivity index is 1.54. The monoisotopic (exact) mass is 363 g/mol. The molecule has 3 saturated heterocycles. The van der Waals surface area contributed by atoms with E-state index >= 15 is 0 Å². The third kappa shape index (κ3) is 3.17. The van der Waals surface area contributed by atoms with Gasteiger partial charge in [-0.15, -0.1) is 0 Å². The van der Waals surface area contributed by atoms with E-state index in [1.165, 1.54) is 44.9 Å². The Hall–Kier alpha value is -0.840. The van der Waals surface area contributed by atoms with Crippen molar-refractivity contribution in [2.45, 2.75) is 69.4 Å². The van der Waals surface area contributed by atoms with Gasteiger partial charge in [-0.05, 0) is 44.4 Å². The van der Waals surface area contributed by atoms with E-state index in [9.17, 15) is 10.3 Å². The van der Waals surface area contributed by atoms with E-state index in [1.54, 1.807) is 0 Å². The molecule has 0 bridgehead atoms. The third-order valence-corrected chi connectivity index (χ3v) is 8.00. The molecule has 0 aromatic rings. The van der Waals surface area contributed by atoms with Crippen LogP contribution in [0, 0.1) is 11.8 Å². The maximum absolute atomic E-state index is 12.9. The van der Waals surface area contributed by atoms with E-state index < -0.39 is 0 Å². The minimum absolute atomic E-state index is 0.0495. The largest absolute Gasteiger partial charge is 0.447 e. The van der Waals surface area contributed by atoms with Crippen molar-refractivity contribution in [3.63, 3.8) is 0 Å². The summed E-state index contributed by atoms with van der Waals surface area (Å²) in [6.07, 6.45) is 10.7. The molecule has 25 heavy (non-hydrogen) atoms. The van der Waals surface area contributed by atoms with Crippen LogP contribution in [0.15, 0.2) is 0 Å². The average Bonchev–Trinajstić information content (AvgIpc) is 3.15. The van der Waals surface area contributed by atoms with Gasteiger partial charge in [-0.1, -0.05) is 25.7 Å². The molecule has 1 aliphatic carbocycles. The molecule has 3 atom stereocenters. The number of carbonyl (C=O) groups is 1. The van der Waals surface area contributed by atoms with Crippen molar-refractivity contribution in [3.05, 3.63) is 5.53 Å². The number of fused-ring (bicyclic) bond motifs is 1. The maximum Gasteiger partial charge on any atom is 0.417 e. The zero-order valence-corrected chi connectivity index (χ0v) is 15.8. The molecule has 3 heterocycles. The van der Waals surface area contributed by atoms with E-state index in [0.717, 1.165) is 37.4 Å². The van der Waals surface area contributed by atoms with E-state index in [1.807, 2.05) is 11.8 Å². The van der Waals surface area contributed by atoms with Gasteiger partial charge in [0, 0.05) is 18.2 Å². The fourth-order valence-electron chi connectivity index (χ4n) is 5.48. The molecule has 0 amide bonds. The molecular formula is C19H29N3O2S. The number of nitrogens with zero attached hydrogens (tertiary/aromatic N) is 3. The molecule has 3 aliphatic heterocycles. The first-order valence-corrected chi connectivity index (χ1v) is 11.2. The molecular weight excluding hydrogens is 334 g/mol. The van der Waals surface area contributed by atoms with E-state index in [-0.39, 0.29) is 23.2 Å². The third-order valence-electron chi connectivity index (χ3n) is 6.84. The predicted molar refractivity (Wildman–Crippen MR) is 98.7 cm³/mol. The fourth-order valence-corrected chi connectivity index (χ4v) is 6.71. The lowest BCUT2D eigenvalue weighted by Crippen LogP contribution is -2.75. The number of piperidine rings is 1. The first kappa shape index (κ1) is 17.6. The Bertz CT molecular complexity index is 556. The Kier molecular flexibility index (Phi) is 5.21. The van der Waals surface area contributed by atoms with E-state index in [2.05, 4.69) is 9.69 Å². The lowest BCUT2D eigenvalue weighted by molar-refractivity contribution is -0.225. The van der Waals surface area contributed by atoms with Crippen molar-refractivity contribution in [1.29, 1.82) is 0 Å². The van der Waals surface area contributed by atoms with Gasteiger partial charge in [0.25, 0.3) is 0 Å². The lowest BCUT2D eigenvalue weighted by Gasteiger charge is -2.61. The van der Waals surface area contributed by atoms with Gasteiger partial charge in [0.2, 0.25) is 0 Å². The number of hydrogen-bond donors (Lipinski definition) is 0. The van der Waals surface area contributed by atoms with Crippen LogP contribution in [-0.4, -0.2) is 57.6 Å². The minimum atomic E-state index is -0.356. The highest BCUT2D eigenvalue weighted by molar-refractivity contribution is 7.99. The highest BCUT2D eigenvalue weighted by Crippen LogP contribution is 2.48. The summed E-state index contributed by atoms with van der Waals surface area (Å²) in [6.45, 7) is 2.02. The summed E-state index contributed by atoms with van der Waals surface area (Å²) in [5, 5.41) is 0. The van der Waals surface area contributed by atoms with Crippen molar-refractivity contribution in [1.82, 2.24) is 4.90 Å². The summed E-state index contributed by atoms with van der Waals surface area (Å²) in [6, 6.07) is 0.381. The van der Waals surface area contributed by atoms with E-state index in [4.69, 9.17) is 4.74 Å². The predicted octanol–water partition coefficient (Wildman–Crippen LogP) is 3.14. The zero-order chi connectivity index (χ0) is 17.3. The van der Waals surface area contributed by atoms with Crippen LogP contribution in [0.25, 0.3) is 5.53 Å². The second-order valence-electron chi connectivity index (χ2n) is 8.21. The van der Waals surface area contributed by atoms with Gasteiger partial charge >= 0.3 is 11.7 Å². The summed E-state index contributed by atoms with van der Waals surface area (Å²) in [5.74, 6) is 2.06. The van der Waals surface area contributed by atoms with Gasteiger partial charge < -0.3 is 10.3 Å². The van der Waals surface area contributed by atoms with Crippen LogP contribution in [-0.2, 0) is 9.53 Å². The molecule has 0 radical (unpaired) electrons. The fraction of sp³-hybridized carbons (Fsp3) is 0.895. The van der Waals surface area contributed by atoms with Crippen LogP contribution < -0.4 is 0 Å². The standard InChI is InChI=1S/C19H29N3O2S/c20-21-17(14-9-11-25-12-14)18(23)24-19(15-6-2-1-3-7-15)13-22-10-5-4-8-16(19)22/h14-16H,1-13H2/t14?,16?,19-/m0/s1. The second-order valence-corrected chi connectivity index (χ2v) is 9.36. The zero-order valence-electron chi connectivity index (χ0n) is 15.0. The Morgan fingerprint density at radius 1 is 1.12 bits per heavy atom. The summed E-state index contributed by atoms with van der Waals surface area (Å²) < 4.78 is 6.27. The summed E-state index contributed by atoms with van der Waals surface area (Å²) in [4.78, 5) is 18.8. The quantitative estimate of drug-likeness (QED) is 0.333. The molecule has 6 heteroatoms. The number of ether oxygens (including phenoxy) is 1. The SMILES string of the molecule is [N-]=[N+]=C(C(=O)O[C@]1(C2CCCCC2)CN2CCCCC21)C1CCSC1. The first-order chi connectivity index (χ1) is 12.2. The second kappa shape index (κ2) is 7.42. The Morgan fingerprint density at radius 2 is 1.92 bits per heavy atom. The van der Waals surface area contributed by atoms with Crippen LogP contribution in [0.3, 0.4) is 0 Å². The number of thioether (sulfide) groups is 1. The summed E-state index contributed by atoms with van der Waals surface area (Å²) in [5.41, 5.74) is 9.38. The molecule has 0 spiro atoms. The van der Waals surface area contributed by atoms with Crippen LogP contribution >= 0.6 is 11.8 Å². The molecule has 5 nitrogen and oxygen atoms in total. The van der Waals surface area contributed by atoms with Crippen molar-refractivity contribution in [2.24, 2.45) is 11.8 Å². The number of carbonyl (C=O) groups excluding carboxylic acids is 1. The van der Waals surface area contributed by atoms with Crippen LogP contribution in [0.5, 0.6) is 0 Å². The topological polar surface area (TPSA) is 65.9 Å². The molecule has 4 aliphatic rings. The number of rotatable bonds is 4. The van der Waals surface area contributed by atoms with Gasteiger partial charge in [-0.2, -0.15) is 16.6 Å². The summed E-state index contributed by atoms with van der Waals surface area (Å²) >= 11 is 1.82. The van der Waals surface area contributed by atoms with Gasteiger partial charge in [0.1, 0.15) is 5.60 Å². The van der Waals surface area contributed by atoms with Crippen LogP contribution in [0.1, 0.15) is 57.8 Å². The van der Waals surface area contributed by atoms with Crippen molar-refractivity contribution >= 4 is 23.4 Å². The van der Waals surface area contributed by atoms with Crippen molar-refractivity contribution < 1.29 is 14.3 Å². The molecule has 4 rings (SSSR count). The molecule has 138 valence electrons. The number of esters is 1. The maximum atomic E-state index is 12.9. The normalized spacial score (nSPS) is 36.2. The minimum Gasteiger partial charge on any atom is -0.447 e. The Morgan fingerprint density at radius 3 is 2.60 bits per heavy atom. The van der Waals surface area contributed by atoms with Gasteiger partial charge in [0.05, 0.1) is 12.0 Å². The average molecular weight is 364 g/mol. The van der Waals surface area contributed by atoms with Crippen molar-refractivity contribution in [3.8, 4) is 0 Å². The van der Waals surface area contributed by atoms with Crippen LogP contribution in [0.2, 0.25) is 0 Å². The molecule has 2 unspecified atom stereocenters. The Labute approximate surface area is 154 Å². The molecule has 4 fully saturated rings. The van der Waals surface area contributed by atoms with E-state index in [0.29, 0.717) is 12.0 Å². The highest BCUT2D eigenvalue weighted by atomic mass is 32.2. The van der Waals surface area contributed by atoms with Gasteiger partial charge in [-0.25, -0.2) is 4.79 Å². The van der Waals surface area contributed by atoms with Crippen LogP contribution in [0.4, 0.5) is 0 Å². The van der Waals surface area contributed by atoms with Gasteiger partial charge in [0.15, 0.2) is 0 Å². The molecule has 0 N–H and O–H groups in total. The molecule has 1 saturated carbocycles. The van der Waals surface area contributed by atoms with Gasteiger partial charge in [-0.3, -0.25) is 4.90 Å².